The molecule has 4 heteroatoms. The van der Waals surface area contributed by atoms with Gasteiger partial charge in [0.05, 0.1) is 12.2 Å². The maximum atomic E-state index is 12.5. The van der Waals surface area contributed by atoms with Crippen LogP contribution in [-0.2, 0) is 19.0 Å². The number of carbonyl (C=O) groups is 1. The Balaban J connectivity index is 1.71. The van der Waals surface area contributed by atoms with Crippen molar-refractivity contribution in [2.45, 2.75) is 117 Å². The second kappa shape index (κ2) is 16.4. The Hall–Kier alpha value is -2.36. The third-order valence-corrected chi connectivity index (χ3v) is 6.80. The highest BCUT2D eigenvalue weighted by molar-refractivity contribution is 5.93. The van der Waals surface area contributed by atoms with E-state index in [2.05, 4.69) is 51.2 Å². The van der Waals surface area contributed by atoms with Gasteiger partial charge in [-0.05, 0) is 35.1 Å². The molecule has 2 rings (SSSR count). The van der Waals surface area contributed by atoms with Crippen LogP contribution in [0.4, 0.5) is 0 Å². The maximum absolute atomic E-state index is 12.5. The van der Waals surface area contributed by atoms with Crippen molar-refractivity contribution < 1.29 is 14.1 Å². The van der Waals surface area contributed by atoms with Crippen LogP contribution in [0, 0.1) is 0 Å². The molecule has 0 aliphatic carbocycles. The minimum absolute atomic E-state index is 0.0277. The maximum Gasteiger partial charge on any atom is 0.252 e. The molecule has 0 bridgehead atoms. The first-order chi connectivity index (χ1) is 17.3. The number of aromatic nitrogens is 1. The average molecular weight is 496 g/mol. The van der Waals surface area contributed by atoms with Crippen molar-refractivity contribution >= 4 is 5.91 Å². The van der Waals surface area contributed by atoms with Gasteiger partial charge in [-0.25, -0.2) is 4.57 Å². The summed E-state index contributed by atoms with van der Waals surface area (Å²) in [4.78, 5) is 12.5. The van der Waals surface area contributed by atoms with E-state index in [4.69, 9.17) is 4.74 Å². The van der Waals surface area contributed by atoms with Crippen LogP contribution in [0.25, 0.3) is 0 Å². The standard InChI is InChI=1S/C32H50N2O2/c1-6-7-8-9-10-11-12-13-14-15-16-17-24-36-30-19-18-27(25-29(30)32(2,3)4)26-33-31(35)28-20-22-34(5)23-21-28/h18-23,25H,6-17,24,26H2,1-5H3/p+1. The fourth-order valence-electron chi connectivity index (χ4n) is 4.46. The lowest BCUT2D eigenvalue weighted by molar-refractivity contribution is -0.671. The summed E-state index contributed by atoms with van der Waals surface area (Å²) >= 11 is 0. The molecule has 1 amide bonds. The van der Waals surface area contributed by atoms with E-state index in [1.54, 1.807) is 0 Å². The van der Waals surface area contributed by atoms with E-state index >= 15 is 0 Å². The van der Waals surface area contributed by atoms with Crippen molar-refractivity contribution in [2.24, 2.45) is 7.05 Å². The SMILES string of the molecule is CCCCCCCCCCCCCCOc1ccc(CNC(=O)c2cc[n+](C)cc2)cc1C(C)(C)C. The van der Waals surface area contributed by atoms with Crippen LogP contribution in [0.2, 0.25) is 0 Å². The lowest BCUT2D eigenvalue weighted by Gasteiger charge is -2.24. The first-order valence-corrected chi connectivity index (χ1v) is 14.3. The van der Waals surface area contributed by atoms with Gasteiger partial charge in [0.15, 0.2) is 12.4 Å². The van der Waals surface area contributed by atoms with Crippen LogP contribution < -0.4 is 14.6 Å². The normalized spacial score (nSPS) is 11.5. The summed E-state index contributed by atoms with van der Waals surface area (Å²) in [6.45, 7) is 10.2. The first kappa shape index (κ1) is 29.9. The van der Waals surface area contributed by atoms with Gasteiger partial charge in [-0.15, -0.1) is 0 Å². The smallest absolute Gasteiger partial charge is 0.252 e. The molecule has 0 saturated carbocycles. The minimum atomic E-state index is -0.0554. The molecule has 1 N–H and O–H groups in total. The molecule has 0 unspecified atom stereocenters. The molecule has 1 aromatic heterocycles. The quantitative estimate of drug-likeness (QED) is 0.179. The van der Waals surface area contributed by atoms with Crippen molar-refractivity contribution in [3.63, 3.8) is 0 Å². The number of ether oxygens (including phenoxy) is 1. The fourth-order valence-corrected chi connectivity index (χ4v) is 4.46. The number of pyridine rings is 1. The highest BCUT2D eigenvalue weighted by Crippen LogP contribution is 2.32. The lowest BCUT2D eigenvalue weighted by atomic mass is 9.85. The number of unbranched alkanes of at least 4 members (excludes halogenated alkanes) is 11. The van der Waals surface area contributed by atoms with Gasteiger partial charge in [-0.1, -0.05) is 104 Å². The van der Waals surface area contributed by atoms with Gasteiger partial charge in [-0.2, -0.15) is 0 Å². The van der Waals surface area contributed by atoms with Crippen LogP contribution in [-0.4, -0.2) is 12.5 Å². The predicted octanol–water partition coefficient (Wildman–Crippen LogP) is 7.82. The zero-order valence-electron chi connectivity index (χ0n) is 23.7. The number of aryl methyl sites for hydroxylation is 1. The Kier molecular flexibility index (Phi) is 13.6. The van der Waals surface area contributed by atoms with Crippen molar-refractivity contribution in [1.82, 2.24) is 5.32 Å². The molecule has 0 radical (unpaired) electrons. The number of nitrogens with zero attached hydrogens (tertiary/aromatic N) is 1. The highest BCUT2D eigenvalue weighted by Gasteiger charge is 2.20. The predicted molar refractivity (Wildman–Crippen MR) is 151 cm³/mol. The number of amides is 1. The molecule has 1 aromatic carbocycles. The summed E-state index contributed by atoms with van der Waals surface area (Å²) in [5.74, 6) is 0.913. The van der Waals surface area contributed by atoms with Gasteiger partial charge in [0, 0.05) is 18.7 Å². The van der Waals surface area contributed by atoms with Gasteiger partial charge < -0.3 is 10.1 Å². The lowest BCUT2D eigenvalue weighted by Crippen LogP contribution is -2.28. The third-order valence-electron chi connectivity index (χ3n) is 6.80. The largest absolute Gasteiger partial charge is 0.493 e. The Morgan fingerprint density at radius 3 is 1.94 bits per heavy atom. The van der Waals surface area contributed by atoms with E-state index in [1.807, 2.05) is 36.1 Å². The molecule has 0 fully saturated rings. The summed E-state index contributed by atoms with van der Waals surface area (Å²) in [6.07, 6.45) is 19.9. The Morgan fingerprint density at radius 2 is 1.39 bits per heavy atom. The molecule has 200 valence electrons. The zero-order valence-corrected chi connectivity index (χ0v) is 23.7. The summed E-state index contributed by atoms with van der Waals surface area (Å²) in [5, 5.41) is 3.04. The zero-order chi connectivity index (χ0) is 26.2. The second-order valence-electron chi connectivity index (χ2n) is 11.3. The molecule has 0 atom stereocenters. The van der Waals surface area contributed by atoms with Gasteiger partial charge in [0.25, 0.3) is 5.91 Å². The average Bonchev–Trinajstić information content (AvgIpc) is 2.85. The number of hydrogen-bond donors (Lipinski definition) is 1. The van der Waals surface area contributed by atoms with E-state index in [0.29, 0.717) is 12.1 Å². The monoisotopic (exact) mass is 495 g/mol. The van der Waals surface area contributed by atoms with Crippen molar-refractivity contribution in [1.29, 1.82) is 0 Å². The van der Waals surface area contributed by atoms with E-state index < -0.39 is 0 Å². The third kappa shape index (κ3) is 11.6. The van der Waals surface area contributed by atoms with Gasteiger partial charge in [0.1, 0.15) is 12.8 Å². The van der Waals surface area contributed by atoms with Gasteiger partial charge in [0.2, 0.25) is 0 Å². The van der Waals surface area contributed by atoms with Crippen LogP contribution >= 0.6 is 0 Å². The fraction of sp³-hybridized carbons (Fsp3) is 0.625. The summed E-state index contributed by atoms with van der Waals surface area (Å²) in [6, 6.07) is 10.00. The number of carbonyl (C=O) groups excluding carboxylic acids is 1. The van der Waals surface area contributed by atoms with E-state index in [1.165, 1.54) is 76.2 Å². The van der Waals surface area contributed by atoms with Crippen LogP contribution in [0.1, 0.15) is 126 Å². The molecule has 2 aromatic rings. The Bertz CT molecular complexity index is 884. The Labute approximate surface area is 220 Å². The second-order valence-corrected chi connectivity index (χ2v) is 11.3. The number of hydrogen-bond acceptors (Lipinski definition) is 2. The van der Waals surface area contributed by atoms with Crippen LogP contribution in [0.15, 0.2) is 42.7 Å². The van der Waals surface area contributed by atoms with Crippen LogP contribution in [0.3, 0.4) is 0 Å². The Morgan fingerprint density at radius 1 is 0.833 bits per heavy atom. The summed E-state index contributed by atoms with van der Waals surface area (Å²) < 4.78 is 8.15. The van der Waals surface area contributed by atoms with Crippen LogP contribution in [0.5, 0.6) is 5.75 Å². The highest BCUT2D eigenvalue weighted by atomic mass is 16.5. The summed E-state index contributed by atoms with van der Waals surface area (Å²) in [7, 11) is 1.94. The molecule has 0 saturated heterocycles. The van der Waals surface area contributed by atoms with Gasteiger partial charge in [-0.3, -0.25) is 4.79 Å². The number of benzene rings is 1. The molecule has 0 spiro atoms. The molecule has 0 aliphatic rings. The van der Waals surface area contributed by atoms with E-state index in [0.717, 1.165) is 24.3 Å². The molecule has 0 aliphatic heterocycles. The minimum Gasteiger partial charge on any atom is -0.493 e. The molecular formula is C32H51N2O2+. The van der Waals surface area contributed by atoms with Crippen molar-refractivity contribution in [2.75, 3.05) is 6.61 Å². The number of rotatable bonds is 17. The molecule has 36 heavy (non-hydrogen) atoms. The topological polar surface area (TPSA) is 42.2 Å². The molecule has 4 nitrogen and oxygen atoms in total. The van der Waals surface area contributed by atoms with E-state index in [-0.39, 0.29) is 11.3 Å². The van der Waals surface area contributed by atoms with Crippen molar-refractivity contribution in [3.8, 4) is 5.75 Å². The summed E-state index contributed by atoms with van der Waals surface area (Å²) in [5.41, 5.74) is 2.93. The molecular weight excluding hydrogens is 444 g/mol. The number of nitrogens with one attached hydrogen (secondary N) is 1. The first-order valence-electron chi connectivity index (χ1n) is 14.3. The van der Waals surface area contributed by atoms with Gasteiger partial charge >= 0.3 is 0 Å². The molecule has 1 heterocycles. The van der Waals surface area contributed by atoms with E-state index in [9.17, 15) is 4.79 Å². The van der Waals surface area contributed by atoms with Crippen molar-refractivity contribution in [3.05, 3.63) is 59.4 Å².